The normalized spacial score (nSPS) is 12.9. The van der Waals surface area contributed by atoms with Crippen LogP contribution in [-0.2, 0) is 0 Å². The van der Waals surface area contributed by atoms with E-state index in [-0.39, 0.29) is 6.04 Å². The van der Waals surface area contributed by atoms with Gasteiger partial charge < -0.3 is 9.73 Å². The molecule has 0 amide bonds. The van der Waals surface area contributed by atoms with Gasteiger partial charge in [-0.1, -0.05) is 25.1 Å². The van der Waals surface area contributed by atoms with Gasteiger partial charge in [-0.05, 0) is 25.1 Å². The Morgan fingerprint density at radius 1 is 1.37 bits per heavy atom. The summed E-state index contributed by atoms with van der Waals surface area (Å²) in [6.07, 6.45) is 1.08. The Kier molecular flexibility index (Phi) is 3.62. The van der Waals surface area contributed by atoms with E-state index in [1.54, 1.807) is 11.3 Å². The van der Waals surface area contributed by atoms with Gasteiger partial charge in [0.15, 0.2) is 0 Å². The van der Waals surface area contributed by atoms with E-state index in [2.05, 4.69) is 34.7 Å². The van der Waals surface area contributed by atoms with Gasteiger partial charge >= 0.3 is 0 Å². The minimum Gasteiger partial charge on any atom is -0.459 e. The van der Waals surface area contributed by atoms with Gasteiger partial charge in [0.1, 0.15) is 17.4 Å². The van der Waals surface area contributed by atoms with Crippen molar-refractivity contribution in [2.24, 2.45) is 0 Å². The van der Waals surface area contributed by atoms with Gasteiger partial charge in [-0.3, -0.25) is 0 Å². The van der Waals surface area contributed by atoms with Gasteiger partial charge in [0.05, 0.1) is 11.2 Å². The molecule has 4 heteroatoms. The fourth-order valence-corrected chi connectivity index (χ4v) is 2.73. The lowest BCUT2D eigenvalue weighted by molar-refractivity contribution is 0.465. The molecule has 3 rings (SSSR count). The minimum atomic E-state index is 0.0404. The molecule has 3 nitrogen and oxygen atoms in total. The molecule has 0 aliphatic heterocycles. The van der Waals surface area contributed by atoms with E-state index < -0.39 is 0 Å². The van der Waals surface area contributed by atoms with Crippen LogP contribution in [0.15, 0.2) is 45.6 Å². The Bertz CT molecular complexity index is 612. The highest BCUT2D eigenvalue weighted by atomic mass is 32.1. The summed E-state index contributed by atoms with van der Waals surface area (Å²) in [5.41, 5.74) is 3.81. The molecule has 1 unspecified atom stereocenters. The zero-order valence-electron chi connectivity index (χ0n) is 10.8. The summed E-state index contributed by atoms with van der Waals surface area (Å²) in [6, 6.07) is 10.2. The monoisotopic (exact) mass is 272 g/mol. The van der Waals surface area contributed by atoms with Crippen molar-refractivity contribution in [3.63, 3.8) is 0 Å². The third-order valence-electron chi connectivity index (χ3n) is 3.07. The molecule has 3 aromatic rings. The molecule has 2 heterocycles. The summed E-state index contributed by atoms with van der Waals surface area (Å²) >= 11 is 1.61. The highest BCUT2D eigenvalue weighted by Gasteiger charge is 2.19. The van der Waals surface area contributed by atoms with Crippen LogP contribution in [0.5, 0.6) is 0 Å². The lowest BCUT2D eigenvalue weighted by atomic mass is 10.1. The first kappa shape index (κ1) is 12.4. The molecule has 0 saturated heterocycles. The highest BCUT2D eigenvalue weighted by molar-refractivity contribution is 7.07. The number of furan rings is 1. The molecule has 1 N–H and O–H groups in total. The van der Waals surface area contributed by atoms with E-state index >= 15 is 0 Å². The van der Waals surface area contributed by atoms with Gasteiger partial charge in [0.25, 0.3) is 0 Å². The lowest BCUT2D eigenvalue weighted by Crippen LogP contribution is -2.22. The van der Waals surface area contributed by atoms with Crippen LogP contribution >= 0.6 is 11.3 Å². The van der Waals surface area contributed by atoms with Gasteiger partial charge in [-0.2, -0.15) is 0 Å². The molecule has 0 aliphatic rings. The lowest BCUT2D eigenvalue weighted by Gasteiger charge is -2.13. The molecule has 0 bridgehead atoms. The summed E-state index contributed by atoms with van der Waals surface area (Å²) in [4.78, 5) is 4.41. The fraction of sp³-hybridized carbons (Fsp3) is 0.267. The number of thiazole rings is 1. The third kappa shape index (κ3) is 2.55. The predicted molar refractivity (Wildman–Crippen MR) is 78.5 cm³/mol. The fourth-order valence-electron chi connectivity index (χ4n) is 2.15. The second-order valence-corrected chi connectivity index (χ2v) is 5.21. The Labute approximate surface area is 116 Å². The van der Waals surface area contributed by atoms with Crippen LogP contribution in [0.4, 0.5) is 0 Å². The van der Waals surface area contributed by atoms with Crippen molar-refractivity contribution in [3.8, 4) is 0 Å². The number of para-hydroxylation sites is 1. The summed E-state index contributed by atoms with van der Waals surface area (Å²) in [6.45, 7) is 3.10. The molecule has 0 fully saturated rings. The predicted octanol–water partition coefficient (Wildman–Crippen LogP) is 3.98. The van der Waals surface area contributed by atoms with Gasteiger partial charge in [0, 0.05) is 10.8 Å². The molecule has 0 saturated carbocycles. The molecule has 1 atom stereocenters. The maximum Gasteiger partial charge on any atom is 0.134 e. The van der Waals surface area contributed by atoms with Crippen molar-refractivity contribution in [3.05, 3.63) is 52.7 Å². The molecular weight excluding hydrogens is 256 g/mol. The van der Waals surface area contributed by atoms with Crippen molar-refractivity contribution in [2.75, 3.05) is 6.54 Å². The Hall–Kier alpha value is -1.65. The van der Waals surface area contributed by atoms with Crippen LogP contribution in [0.1, 0.15) is 30.8 Å². The number of hydrogen-bond donors (Lipinski definition) is 1. The maximum atomic E-state index is 5.95. The Morgan fingerprint density at radius 2 is 2.26 bits per heavy atom. The summed E-state index contributed by atoms with van der Waals surface area (Å²) in [7, 11) is 0. The van der Waals surface area contributed by atoms with E-state index in [0.29, 0.717) is 0 Å². The van der Waals surface area contributed by atoms with Gasteiger partial charge in [-0.15, -0.1) is 11.3 Å². The molecule has 0 radical (unpaired) electrons. The first-order valence-electron chi connectivity index (χ1n) is 6.48. The average Bonchev–Trinajstić information content (AvgIpc) is 3.08. The SMILES string of the molecule is CCCNC(c1cscn1)c1cc2ccccc2o1. The Morgan fingerprint density at radius 3 is 3.00 bits per heavy atom. The van der Waals surface area contributed by atoms with Gasteiger partial charge in [-0.25, -0.2) is 4.98 Å². The van der Waals surface area contributed by atoms with Crippen LogP contribution in [0, 0.1) is 0 Å². The van der Waals surface area contributed by atoms with Crippen LogP contribution < -0.4 is 5.32 Å². The zero-order chi connectivity index (χ0) is 13.1. The smallest absolute Gasteiger partial charge is 0.134 e. The van der Waals surface area contributed by atoms with Crippen molar-refractivity contribution in [2.45, 2.75) is 19.4 Å². The molecule has 0 spiro atoms. The van der Waals surface area contributed by atoms with Crippen molar-refractivity contribution >= 4 is 22.3 Å². The van der Waals surface area contributed by atoms with Gasteiger partial charge in [0.2, 0.25) is 0 Å². The largest absolute Gasteiger partial charge is 0.459 e. The topological polar surface area (TPSA) is 38.1 Å². The number of benzene rings is 1. The summed E-state index contributed by atoms with van der Waals surface area (Å²) in [5, 5.41) is 6.70. The summed E-state index contributed by atoms with van der Waals surface area (Å²) < 4.78 is 5.95. The van der Waals surface area contributed by atoms with Crippen LogP contribution in [0.2, 0.25) is 0 Å². The van der Waals surface area contributed by atoms with Crippen LogP contribution in [-0.4, -0.2) is 11.5 Å². The summed E-state index contributed by atoms with van der Waals surface area (Å²) in [5.74, 6) is 0.931. The van der Waals surface area contributed by atoms with E-state index in [0.717, 1.165) is 35.4 Å². The van der Waals surface area contributed by atoms with Crippen molar-refractivity contribution in [1.82, 2.24) is 10.3 Å². The van der Waals surface area contributed by atoms with Crippen molar-refractivity contribution < 1.29 is 4.42 Å². The first-order chi connectivity index (χ1) is 9.38. The van der Waals surface area contributed by atoms with Crippen LogP contribution in [0.3, 0.4) is 0 Å². The van der Waals surface area contributed by atoms with E-state index in [1.165, 1.54) is 0 Å². The quantitative estimate of drug-likeness (QED) is 0.763. The number of nitrogens with one attached hydrogen (secondary N) is 1. The molecule has 1 aromatic carbocycles. The van der Waals surface area contributed by atoms with E-state index in [4.69, 9.17) is 4.42 Å². The maximum absolute atomic E-state index is 5.95. The first-order valence-corrected chi connectivity index (χ1v) is 7.42. The molecule has 2 aromatic heterocycles. The number of aromatic nitrogens is 1. The minimum absolute atomic E-state index is 0.0404. The van der Waals surface area contributed by atoms with Crippen molar-refractivity contribution in [1.29, 1.82) is 0 Å². The third-order valence-corrected chi connectivity index (χ3v) is 3.68. The average molecular weight is 272 g/mol. The number of nitrogens with zero attached hydrogens (tertiary/aromatic N) is 1. The van der Waals surface area contributed by atoms with Crippen LogP contribution in [0.25, 0.3) is 11.0 Å². The number of fused-ring (bicyclic) bond motifs is 1. The van der Waals surface area contributed by atoms with E-state index in [1.807, 2.05) is 23.7 Å². The number of hydrogen-bond acceptors (Lipinski definition) is 4. The van der Waals surface area contributed by atoms with E-state index in [9.17, 15) is 0 Å². The second kappa shape index (κ2) is 5.55. The zero-order valence-corrected chi connectivity index (χ0v) is 11.6. The molecule has 0 aliphatic carbocycles. The number of rotatable bonds is 5. The molecule has 19 heavy (non-hydrogen) atoms. The molecule has 98 valence electrons. The highest BCUT2D eigenvalue weighted by Crippen LogP contribution is 2.28. The second-order valence-electron chi connectivity index (χ2n) is 4.49. The standard InChI is InChI=1S/C15H16N2OS/c1-2-7-16-15(12-9-19-10-17-12)14-8-11-5-3-4-6-13(11)18-14/h3-6,8-10,15-16H,2,7H2,1H3. The molecular formula is C15H16N2OS. The Balaban J connectivity index is 1.98.